The zero-order valence-corrected chi connectivity index (χ0v) is 14.1. The normalized spacial score (nSPS) is 11.9. The van der Waals surface area contributed by atoms with Crippen LogP contribution in [0, 0.1) is 0 Å². The Balaban J connectivity index is 1.99. The van der Waals surface area contributed by atoms with Crippen LogP contribution in [0.25, 0.3) is 0 Å². The largest absolute Gasteiger partial charge is 0.445 e. The van der Waals surface area contributed by atoms with Gasteiger partial charge in [-0.2, -0.15) is 13.2 Å². The number of nitrogens with zero attached hydrogens (tertiary/aromatic N) is 5. The minimum Gasteiger partial charge on any atom is -0.351 e. The van der Waals surface area contributed by atoms with E-state index in [9.17, 15) is 18.0 Å². The molecule has 25 heavy (non-hydrogen) atoms. The SMILES string of the molecule is CCOC(Cn1cc(C(=O)Nc2nnc(C(F)(F)F)s2)nn1)OCC. The molecular weight excluding hydrogens is 365 g/mol. The van der Waals surface area contributed by atoms with E-state index in [1.54, 1.807) is 0 Å². The summed E-state index contributed by atoms with van der Waals surface area (Å²) in [6.45, 7) is 4.70. The standard InChI is InChI=1S/C12H15F3N6O3S/c1-3-23-8(24-4-2)6-21-5-7(17-20-21)9(22)16-11-19-18-10(25-11)12(13,14)15/h5,8H,3-4,6H2,1-2H3,(H,16,19,22). The van der Waals surface area contributed by atoms with Gasteiger partial charge < -0.3 is 9.47 Å². The molecule has 9 nitrogen and oxygen atoms in total. The number of halogens is 3. The van der Waals surface area contributed by atoms with E-state index in [-0.39, 0.29) is 28.7 Å². The van der Waals surface area contributed by atoms with Crippen molar-refractivity contribution in [2.24, 2.45) is 0 Å². The number of rotatable bonds is 8. The molecule has 13 heteroatoms. The van der Waals surface area contributed by atoms with Gasteiger partial charge in [0.25, 0.3) is 5.91 Å². The fourth-order valence-electron chi connectivity index (χ4n) is 1.72. The van der Waals surface area contributed by atoms with Crippen LogP contribution in [0.1, 0.15) is 29.3 Å². The smallest absolute Gasteiger partial charge is 0.351 e. The van der Waals surface area contributed by atoms with E-state index in [1.165, 1.54) is 10.9 Å². The summed E-state index contributed by atoms with van der Waals surface area (Å²) in [4.78, 5) is 12.0. The molecule has 0 fully saturated rings. The summed E-state index contributed by atoms with van der Waals surface area (Å²) >= 11 is 0.219. The highest BCUT2D eigenvalue weighted by Crippen LogP contribution is 2.33. The summed E-state index contributed by atoms with van der Waals surface area (Å²) in [7, 11) is 0. The first-order valence-corrected chi connectivity index (χ1v) is 8.00. The van der Waals surface area contributed by atoms with E-state index in [0.717, 1.165) is 0 Å². The average Bonchev–Trinajstić information content (AvgIpc) is 3.16. The molecule has 0 aliphatic rings. The minimum absolute atomic E-state index is 0.0875. The molecule has 2 aromatic rings. The second-order valence-electron chi connectivity index (χ2n) is 4.53. The summed E-state index contributed by atoms with van der Waals surface area (Å²) in [6.07, 6.45) is -3.84. The number of amides is 1. The third-order valence-electron chi connectivity index (χ3n) is 2.70. The average molecular weight is 380 g/mol. The van der Waals surface area contributed by atoms with Gasteiger partial charge in [-0.1, -0.05) is 16.6 Å². The first-order valence-electron chi connectivity index (χ1n) is 7.18. The molecular formula is C12H15F3N6O3S. The summed E-state index contributed by atoms with van der Waals surface area (Å²) in [5.41, 5.74) is -0.0875. The van der Waals surface area contributed by atoms with Crippen LogP contribution in [-0.2, 0) is 22.2 Å². The maximum absolute atomic E-state index is 12.5. The maximum atomic E-state index is 12.5. The van der Waals surface area contributed by atoms with E-state index in [4.69, 9.17) is 9.47 Å². The summed E-state index contributed by atoms with van der Waals surface area (Å²) in [5, 5.41) is 14.4. The second kappa shape index (κ2) is 8.31. The Labute approximate surface area is 144 Å². The van der Waals surface area contributed by atoms with Gasteiger partial charge in [-0.25, -0.2) is 4.68 Å². The second-order valence-corrected chi connectivity index (χ2v) is 5.51. The molecule has 0 aliphatic heterocycles. The Morgan fingerprint density at radius 2 is 1.96 bits per heavy atom. The fraction of sp³-hybridized carbons (Fsp3) is 0.583. The van der Waals surface area contributed by atoms with Crippen LogP contribution in [-0.4, -0.2) is 50.6 Å². The van der Waals surface area contributed by atoms with Crippen LogP contribution in [0.3, 0.4) is 0 Å². The predicted octanol–water partition coefficient (Wildman–Crippen LogP) is 1.80. The van der Waals surface area contributed by atoms with E-state index < -0.39 is 23.4 Å². The van der Waals surface area contributed by atoms with Crippen molar-refractivity contribution in [2.75, 3.05) is 18.5 Å². The summed E-state index contributed by atoms with van der Waals surface area (Å²) < 4.78 is 49.4. The molecule has 0 spiro atoms. The number of aromatic nitrogens is 5. The highest BCUT2D eigenvalue weighted by atomic mass is 32.1. The lowest BCUT2D eigenvalue weighted by atomic mass is 10.4. The van der Waals surface area contributed by atoms with Gasteiger partial charge in [-0.15, -0.1) is 15.3 Å². The van der Waals surface area contributed by atoms with E-state index in [1.807, 2.05) is 13.8 Å². The third-order valence-corrected chi connectivity index (χ3v) is 3.58. The van der Waals surface area contributed by atoms with Crippen molar-refractivity contribution in [1.29, 1.82) is 0 Å². The van der Waals surface area contributed by atoms with E-state index in [0.29, 0.717) is 13.2 Å². The molecule has 0 saturated carbocycles. The van der Waals surface area contributed by atoms with Gasteiger partial charge in [0.15, 0.2) is 12.0 Å². The number of carbonyl (C=O) groups is 1. The zero-order chi connectivity index (χ0) is 18.4. The third kappa shape index (κ3) is 5.44. The number of carbonyl (C=O) groups excluding carboxylic acids is 1. The molecule has 2 rings (SSSR count). The molecule has 0 unspecified atom stereocenters. The lowest BCUT2D eigenvalue weighted by molar-refractivity contribution is -0.145. The molecule has 138 valence electrons. The van der Waals surface area contributed by atoms with Crippen molar-refractivity contribution in [3.05, 3.63) is 16.9 Å². The number of hydrogen-bond donors (Lipinski definition) is 1. The van der Waals surface area contributed by atoms with Crippen LogP contribution >= 0.6 is 11.3 Å². The van der Waals surface area contributed by atoms with Crippen molar-refractivity contribution in [1.82, 2.24) is 25.2 Å². The van der Waals surface area contributed by atoms with Crippen molar-refractivity contribution < 1.29 is 27.4 Å². The van der Waals surface area contributed by atoms with Crippen LogP contribution in [0.2, 0.25) is 0 Å². The Kier molecular flexibility index (Phi) is 6.39. The lowest BCUT2D eigenvalue weighted by Crippen LogP contribution is -2.24. The first kappa shape index (κ1) is 19.2. The molecule has 0 radical (unpaired) electrons. The number of anilines is 1. The minimum atomic E-state index is -4.61. The van der Waals surface area contributed by atoms with Gasteiger partial charge >= 0.3 is 6.18 Å². The van der Waals surface area contributed by atoms with Crippen LogP contribution in [0.5, 0.6) is 0 Å². The van der Waals surface area contributed by atoms with Crippen LogP contribution < -0.4 is 5.32 Å². The van der Waals surface area contributed by atoms with Crippen molar-refractivity contribution >= 4 is 22.4 Å². The zero-order valence-electron chi connectivity index (χ0n) is 13.3. The predicted molar refractivity (Wildman–Crippen MR) is 79.9 cm³/mol. The molecule has 0 bridgehead atoms. The number of ether oxygens (including phenoxy) is 2. The summed E-state index contributed by atoms with van der Waals surface area (Å²) in [5.74, 6) is -0.750. The Morgan fingerprint density at radius 3 is 2.52 bits per heavy atom. The van der Waals surface area contributed by atoms with Gasteiger partial charge in [0, 0.05) is 13.2 Å². The number of nitrogens with one attached hydrogen (secondary N) is 1. The van der Waals surface area contributed by atoms with Crippen molar-refractivity contribution in [3.63, 3.8) is 0 Å². The maximum Gasteiger partial charge on any atom is 0.445 e. The Hall–Kier alpha value is -2.12. The van der Waals surface area contributed by atoms with Crippen LogP contribution in [0.15, 0.2) is 6.20 Å². The highest BCUT2D eigenvalue weighted by molar-refractivity contribution is 7.15. The number of hydrogen-bond acceptors (Lipinski definition) is 8. The molecule has 0 aliphatic carbocycles. The van der Waals surface area contributed by atoms with Gasteiger partial charge in [-0.3, -0.25) is 10.1 Å². The van der Waals surface area contributed by atoms with Gasteiger partial charge in [-0.05, 0) is 13.8 Å². The highest BCUT2D eigenvalue weighted by Gasteiger charge is 2.35. The molecule has 2 aromatic heterocycles. The number of alkyl halides is 3. The van der Waals surface area contributed by atoms with Crippen LogP contribution in [0.4, 0.5) is 18.3 Å². The Morgan fingerprint density at radius 1 is 1.28 bits per heavy atom. The van der Waals surface area contributed by atoms with Gasteiger partial charge in [0.05, 0.1) is 12.7 Å². The molecule has 1 amide bonds. The molecule has 1 N–H and O–H groups in total. The quantitative estimate of drug-likeness (QED) is 0.697. The van der Waals surface area contributed by atoms with Crippen molar-refractivity contribution in [3.8, 4) is 0 Å². The molecule has 0 aromatic carbocycles. The van der Waals surface area contributed by atoms with E-state index >= 15 is 0 Å². The van der Waals surface area contributed by atoms with E-state index in [2.05, 4.69) is 25.8 Å². The van der Waals surface area contributed by atoms with Gasteiger partial charge in [0.1, 0.15) is 0 Å². The van der Waals surface area contributed by atoms with Gasteiger partial charge in [0.2, 0.25) is 10.1 Å². The lowest BCUT2D eigenvalue weighted by Gasteiger charge is -2.16. The summed E-state index contributed by atoms with van der Waals surface area (Å²) in [6, 6.07) is 0. The molecule has 2 heterocycles. The molecule has 0 saturated heterocycles. The monoisotopic (exact) mass is 380 g/mol. The fourth-order valence-corrected chi connectivity index (χ4v) is 2.33. The Bertz CT molecular complexity index is 698. The van der Waals surface area contributed by atoms with Crippen molar-refractivity contribution in [2.45, 2.75) is 32.9 Å². The first-order chi connectivity index (χ1) is 11.8. The molecule has 0 atom stereocenters. The topological polar surface area (TPSA) is 104 Å².